The molecule has 2 aromatic carbocycles. The lowest BCUT2D eigenvalue weighted by Gasteiger charge is -2.17. The maximum atomic E-state index is 12.0. The Hall–Kier alpha value is -2.33. The van der Waals surface area contributed by atoms with Crippen LogP contribution >= 0.6 is 24.0 Å². The van der Waals surface area contributed by atoms with Crippen molar-refractivity contribution in [3.63, 3.8) is 0 Å². The summed E-state index contributed by atoms with van der Waals surface area (Å²) in [5.74, 6) is 2.61. The molecule has 0 saturated carbocycles. The summed E-state index contributed by atoms with van der Waals surface area (Å²) in [7, 11) is 3.48. The highest BCUT2D eigenvalue weighted by Gasteiger charge is 2.16. The number of rotatable bonds is 8. The van der Waals surface area contributed by atoms with E-state index in [1.807, 2.05) is 49.4 Å². The average Bonchev–Trinajstić information content (AvgIpc) is 3.28. The summed E-state index contributed by atoms with van der Waals surface area (Å²) < 4.78 is 11.6. The van der Waals surface area contributed by atoms with Crippen molar-refractivity contribution in [3.8, 4) is 11.5 Å². The number of hydrogen-bond acceptors (Lipinski definition) is 4. The molecule has 1 aliphatic heterocycles. The Morgan fingerprint density at radius 1 is 1.19 bits per heavy atom. The van der Waals surface area contributed by atoms with Gasteiger partial charge in [0, 0.05) is 38.7 Å². The zero-order valence-electron chi connectivity index (χ0n) is 19.0. The van der Waals surface area contributed by atoms with Gasteiger partial charge in [-0.15, -0.1) is 24.0 Å². The quantitative estimate of drug-likeness (QED) is 0.298. The SMILES string of the molecule is Cc1ccc(CN=C(NCC(=O)N(C)C)NCC2CCOC2)c(Oc2ccccc2)c1.I. The molecule has 8 heteroatoms. The van der Waals surface area contributed by atoms with Gasteiger partial charge in [-0.05, 0) is 37.1 Å². The van der Waals surface area contributed by atoms with E-state index in [2.05, 4.69) is 16.7 Å². The average molecular weight is 552 g/mol. The highest BCUT2D eigenvalue weighted by Crippen LogP contribution is 2.27. The second-order valence-electron chi connectivity index (χ2n) is 7.94. The summed E-state index contributed by atoms with van der Waals surface area (Å²) in [6.07, 6.45) is 1.03. The summed E-state index contributed by atoms with van der Waals surface area (Å²) in [6, 6.07) is 15.8. The first-order valence-corrected chi connectivity index (χ1v) is 10.6. The molecule has 3 rings (SSSR count). The maximum Gasteiger partial charge on any atom is 0.241 e. The van der Waals surface area contributed by atoms with Crippen LogP contribution in [0.15, 0.2) is 53.5 Å². The van der Waals surface area contributed by atoms with Crippen LogP contribution in [0.3, 0.4) is 0 Å². The second-order valence-corrected chi connectivity index (χ2v) is 7.94. The topological polar surface area (TPSA) is 75.2 Å². The third kappa shape index (κ3) is 8.31. The van der Waals surface area contributed by atoms with Crippen LogP contribution in [0, 0.1) is 12.8 Å². The Morgan fingerprint density at radius 2 is 1.97 bits per heavy atom. The molecule has 7 nitrogen and oxygen atoms in total. The Bertz CT molecular complexity index is 884. The van der Waals surface area contributed by atoms with Crippen LogP contribution in [0.5, 0.6) is 11.5 Å². The predicted molar refractivity (Wildman–Crippen MR) is 138 cm³/mol. The van der Waals surface area contributed by atoms with Gasteiger partial charge in [0.15, 0.2) is 5.96 Å². The van der Waals surface area contributed by atoms with Gasteiger partial charge in [-0.3, -0.25) is 4.79 Å². The lowest BCUT2D eigenvalue weighted by molar-refractivity contribution is -0.127. The second kappa shape index (κ2) is 13.3. The monoisotopic (exact) mass is 552 g/mol. The van der Waals surface area contributed by atoms with E-state index in [4.69, 9.17) is 14.5 Å². The molecule has 1 unspecified atom stereocenters. The number of benzene rings is 2. The molecule has 0 spiro atoms. The number of amides is 1. The third-order valence-corrected chi connectivity index (χ3v) is 5.09. The number of nitrogens with one attached hydrogen (secondary N) is 2. The van der Waals surface area contributed by atoms with Crippen LogP contribution in [0.25, 0.3) is 0 Å². The van der Waals surface area contributed by atoms with Gasteiger partial charge < -0.3 is 25.0 Å². The van der Waals surface area contributed by atoms with Crippen molar-refractivity contribution in [1.82, 2.24) is 15.5 Å². The number of likely N-dealkylation sites (N-methyl/N-ethyl adjacent to an activating group) is 1. The molecule has 0 radical (unpaired) electrons. The van der Waals surface area contributed by atoms with Crippen LogP contribution in [0.4, 0.5) is 0 Å². The van der Waals surface area contributed by atoms with Crippen molar-refractivity contribution in [2.45, 2.75) is 19.9 Å². The van der Waals surface area contributed by atoms with Crippen LogP contribution in [-0.4, -0.2) is 57.2 Å². The summed E-state index contributed by atoms with van der Waals surface area (Å²) in [5.41, 5.74) is 2.09. The molecule has 1 heterocycles. The minimum atomic E-state index is -0.0119. The van der Waals surface area contributed by atoms with Crippen molar-refractivity contribution in [2.24, 2.45) is 10.9 Å². The first kappa shape index (κ1) is 25.9. The number of carbonyl (C=O) groups is 1. The normalized spacial score (nSPS) is 15.6. The number of nitrogens with zero attached hydrogens (tertiary/aromatic N) is 2. The fraction of sp³-hybridized carbons (Fsp3) is 0.417. The van der Waals surface area contributed by atoms with Crippen LogP contribution in [0.2, 0.25) is 0 Å². The molecule has 1 amide bonds. The molecule has 1 fully saturated rings. The Balaban J connectivity index is 0.00000363. The fourth-order valence-electron chi connectivity index (χ4n) is 3.14. The van der Waals surface area contributed by atoms with Crippen molar-refractivity contribution in [2.75, 3.05) is 40.4 Å². The van der Waals surface area contributed by atoms with Gasteiger partial charge in [0.2, 0.25) is 5.91 Å². The van der Waals surface area contributed by atoms with Crippen molar-refractivity contribution in [3.05, 3.63) is 59.7 Å². The van der Waals surface area contributed by atoms with E-state index < -0.39 is 0 Å². The Kier molecular flexibility index (Phi) is 10.8. The van der Waals surface area contributed by atoms with Gasteiger partial charge in [-0.2, -0.15) is 0 Å². The van der Waals surface area contributed by atoms with Crippen LogP contribution < -0.4 is 15.4 Å². The number of guanidine groups is 1. The Morgan fingerprint density at radius 3 is 2.66 bits per heavy atom. The molecular weight excluding hydrogens is 519 g/mol. The van der Waals surface area contributed by atoms with Gasteiger partial charge in [0.1, 0.15) is 11.5 Å². The highest BCUT2D eigenvalue weighted by molar-refractivity contribution is 14.0. The first-order chi connectivity index (χ1) is 15.0. The number of hydrogen-bond donors (Lipinski definition) is 2. The maximum absolute atomic E-state index is 12.0. The van der Waals surface area contributed by atoms with E-state index in [0.29, 0.717) is 18.4 Å². The lowest BCUT2D eigenvalue weighted by Crippen LogP contribution is -2.44. The molecule has 0 bridgehead atoms. The van der Waals surface area contributed by atoms with Crippen molar-refractivity contribution in [1.29, 1.82) is 0 Å². The zero-order chi connectivity index (χ0) is 22.1. The van der Waals surface area contributed by atoms with E-state index in [1.54, 1.807) is 19.0 Å². The zero-order valence-corrected chi connectivity index (χ0v) is 21.3. The first-order valence-electron chi connectivity index (χ1n) is 10.6. The minimum Gasteiger partial charge on any atom is -0.457 e. The largest absolute Gasteiger partial charge is 0.457 e. The van der Waals surface area contributed by atoms with E-state index in [1.165, 1.54) is 0 Å². The number of halogens is 1. The van der Waals surface area contributed by atoms with E-state index >= 15 is 0 Å². The lowest BCUT2D eigenvalue weighted by atomic mass is 10.1. The minimum absolute atomic E-state index is 0. The molecule has 32 heavy (non-hydrogen) atoms. The molecule has 1 aliphatic rings. The van der Waals surface area contributed by atoms with Crippen LogP contribution in [-0.2, 0) is 16.1 Å². The molecule has 174 valence electrons. The van der Waals surface area contributed by atoms with Gasteiger partial charge in [0.25, 0.3) is 0 Å². The molecule has 1 saturated heterocycles. The van der Waals surface area contributed by atoms with Crippen molar-refractivity contribution < 1.29 is 14.3 Å². The van der Waals surface area contributed by atoms with E-state index in [9.17, 15) is 4.79 Å². The summed E-state index contributed by atoms with van der Waals surface area (Å²) in [4.78, 5) is 18.3. The van der Waals surface area contributed by atoms with E-state index in [0.717, 1.165) is 48.8 Å². The molecule has 0 aliphatic carbocycles. The molecule has 1 atom stereocenters. The van der Waals surface area contributed by atoms with Gasteiger partial charge in [-0.25, -0.2) is 4.99 Å². The fourth-order valence-corrected chi connectivity index (χ4v) is 3.14. The summed E-state index contributed by atoms with van der Waals surface area (Å²) >= 11 is 0. The number of para-hydroxylation sites is 1. The Labute approximate surface area is 207 Å². The predicted octanol–water partition coefficient (Wildman–Crippen LogP) is 3.57. The van der Waals surface area contributed by atoms with Crippen molar-refractivity contribution >= 4 is 35.8 Å². The van der Waals surface area contributed by atoms with E-state index in [-0.39, 0.29) is 36.4 Å². The number of aryl methyl sites for hydroxylation is 1. The van der Waals surface area contributed by atoms with Gasteiger partial charge in [0.05, 0.1) is 19.7 Å². The smallest absolute Gasteiger partial charge is 0.241 e. The van der Waals surface area contributed by atoms with Crippen LogP contribution in [0.1, 0.15) is 17.5 Å². The third-order valence-electron chi connectivity index (χ3n) is 5.09. The summed E-state index contributed by atoms with van der Waals surface area (Å²) in [5, 5.41) is 6.50. The molecule has 0 aromatic heterocycles. The van der Waals surface area contributed by atoms with Gasteiger partial charge >= 0.3 is 0 Å². The van der Waals surface area contributed by atoms with Gasteiger partial charge in [-0.1, -0.05) is 30.3 Å². The standard InChI is InChI=1S/C24H32N4O3.HI/c1-18-9-10-20(22(13-18)31-21-7-5-4-6-8-21)15-26-24(27-16-23(29)28(2)3)25-14-19-11-12-30-17-19;/h4-10,13,19H,11-12,14-17H2,1-3H3,(H2,25,26,27);1H. The summed E-state index contributed by atoms with van der Waals surface area (Å²) in [6.45, 7) is 4.95. The number of ether oxygens (including phenoxy) is 2. The molecule has 2 aromatic rings. The molecule has 2 N–H and O–H groups in total. The number of carbonyl (C=O) groups excluding carboxylic acids is 1. The molecular formula is C24H33IN4O3. The number of aliphatic imine (C=N–C) groups is 1. The highest BCUT2D eigenvalue weighted by atomic mass is 127.